The van der Waals surface area contributed by atoms with Gasteiger partial charge in [0.25, 0.3) is 0 Å². The Morgan fingerprint density at radius 1 is 1.80 bits per heavy atom. The predicted molar refractivity (Wildman–Crippen MR) is 52.9 cm³/mol. The Balaban J connectivity index is 2.63. The van der Waals surface area contributed by atoms with Crippen LogP contribution in [0.4, 0.5) is 0 Å². The molecular formula is C10H13N3O2. The third-order valence-electron chi connectivity index (χ3n) is 2.08. The smallest absolute Gasteiger partial charge is 0.356 e. The van der Waals surface area contributed by atoms with E-state index < -0.39 is 5.97 Å². The molecule has 0 fully saturated rings. The van der Waals surface area contributed by atoms with Crippen LogP contribution in [-0.2, 0) is 11.8 Å². The summed E-state index contributed by atoms with van der Waals surface area (Å²) in [7, 11) is 1.67. The minimum atomic E-state index is -0.433. The van der Waals surface area contributed by atoms with Gasteiger partial charge < -0.3 is 4.74 Å². The first-order valence-electron chi connectivity index (χ1n) is 4.75. The van der Waals surface area contributed by atoms with Crippen LogP contribution in [0.3, 0.4) is 0 Å². The molecule has 1 aromatic rings. The number of hydrogen-bond donors (Lipinski definition) is 0. The molecule has 1 heterocycles. The van der Waals surface area contributed by atoms with Crippen LogP contribution >= 0.6 is 0 Å². The van der Waals surface area contributed by atoms with Gasteiger partial charge in [-0.15, -0.1) is 0 Å². The fourth-order valence-corrected chi connectivity index (χ4v) is 1.16. The SMILES string of the molecule is CC[C@H](CC#N)OC(=O)c1ccnn1C. The second kappa shape index (κ2) is 5.15. The summed E-state index contributed by atoms with van der Waals surface area (Å²) in [6.07, 6.45) is 2.05. The quantitative estimate of drug-likeness (QED) is 0.697. The lowest BCUT2D eigenvalue weighted by Gasteiger charge is -2.12. The minimum Gasteiger partial charge on any atom is -0.457 e. The molecule has 0 radical (unpaired) electrons. The van der Waals surface area contributed by atoms with Crippen LogP contribution in [0.5, 0.6) is 0 Å². The maximum absolute atomic E-state index is 11.6. The number of nitriles is 1. The number of aromatic nitrogens is 2. The molecule has 0 aromatic carbocycles. The van der Waals surface area contributed by atoms with Crippen molar-refractivity contribution in [3.8, 4) is 6.07 Å². The summed E-state index contributed by atoms with van der Waals surface area (Å²) < 4.78 is 6.59. The van der Waals surface area contributed by atoms with Gasteiger partial charge in [-0.3, -0.25) is 4.68 Å². The van der Waals surface area contributed by atoms with E-state index in [2.05, 4.69) is 5.10 Å². The van der Waals surface area contributed by atoms with E-state index in [1.54, 1.807) is 13.1 Å². The Bertz CT molecular complexity index is 378. The Morgan fingerprint density at radius 2 is 2.53 bits per heavy atom. The van der Waals surface area contributed by atoms with Crippen LogP contribution < -0.4 is 0 Å². The molecule has 80 valence electrons. The standard InChI is InChI=1S/C10H13N3O2/c1-3-8(4-6-11)15-10(14)9-5-7-12-13(9)2/h5,7-8H,3-4H2,1-2H3/t8-/m1/s1. The van der Waals surface area contributed by atoms with Crippen LogP contribution in [0.15, 0.2) is 12.3 Å². The molecule has 0 amide bonds. The normalized spacial score (nSPS) is 11.8. The van der Waals surface area contributed by atoms with Crippen molar-refractivity contribution in [3.63, 3.8) is 0 Å². The summed E-state index contributed by atoms with van der Waals surface area (Å²) in [5, 5.41) is 12.4. The average Bonchev–Trinajstić information content (AvgIpc) is 2.63. The maximum Gasteiger partial charge on any atom is 0.356 e. The Morgan fingerprint density at radius 3 is 3.00 bits per heavy atom. The molecular weight excluding hydrogens is 194 g/mol. The molecule has 0 saturated carbocycles. The van der Waals surface area contributed by atoms with E-state index in [0.29, 0.717) is 12.1 Å². The van der Waals surface area contributed by atoms with E-state index in [4.69, 9.17) is 10.00 Å². The first-order valence-corrected chi connectivity index (χ1v) is 4.75. The highest BCUT2D eigenvalue weighted by molar-refractivity contribution is 5.87. The van der Waals surface area contributed by atoms with Crippen molar-refractivity contribution in [2.24, 2.45) is 7.05 Å². The molecule has 0 aliphatic carbocycles. The molecule has 0 unspecified atom stereocenters. The molecule has 0 spiro atoms. The topological polar surface area (TPSA) is 67.9 Å². The molecule has 0 bridgehead atoms. The van der Waals surface area contributed by atoms with E-state index in [9.17, 15) is 4.79 Å². The van der Waals surface area contributed by atoms with E-state index in [1.165, 1.54) is 10.9 Å². The number of carbonyl (C=O) groups excluding carboxylic acids is 1. The molecule has 15 heavy (non-hydrogen) atoms. The molecule has 5 heteroatoms. The van der Waals surface area contributed by atoms with E-state index in [1.807, 2.05) is 13.0 Å². The first kappa shape index (κ1) is 11.2. The zero-order valence-electron chi connectivity index (χ0n) is 8.80. The van der Waals surface area contributed by atoms with Gasteiger partial charge in [0.15, 0.2) is 0 Å². The monoisotopic (exact) mass is 207 g/mol. The van der Waals surface area contributed by atoms with E-state index in [-0.39, 0.29) is 12.5 Å². The molecule has 5 nitrogen and oxygen atoms in total. The number of ether oxygens (including phenoxy) is 1. The highest BCUT2D eigenvalue weighted by atomic mass is 16.5. The number of hydrogen-bond acceptors (Lipinski definition) is 4. The van der Waals surface area contributed by atoms with Gasteiger partial charge in [0.2, 0.25) is 0 Å². The second-order valence-electron chi connectivity index (χ2n) is 3.14. The molecule has 0 aliphatic heterocycles. The van der Waals surface area contributed by atoms with Gasteiger partial charge in [-0.1, -0.05) is 6.92 Å². The lowest BCUT2D eigenvalue weighted by Crippen LogP contribution is -2.19. The molecule has 1 rings (SSSR count). The summed E-state index contributed by atoms with van der Waals surface area (Å²) in [5.74, 6) is -0.433. The number of aryl methyl sites for hydroxylation is 1. The van der Waals surface area contributed by atoms with Crippen LogP contribution in [0, 0.1) is 11.3 Å². The van der Waals surface area contributed by atoms with E-state index in [0.717, 1.165) is 0 Å². The van der Waals surface area contributed by atoms with Gasteiger partial charge in [-0.05, 0) is 12.5 Å². The van der Waals surface area contributed by atoms with Gasteiger partial charge in [0.05, 0.1) is 12.5 Å². The number of rotatable bonds is 4. The molecule has 1 atom stereocenters. The third-order valence-corrected chi connectivity index (χ3v) is 2.08. The van der Waals surface area contributed by atoms with Crippen molar-refractivity contribution < 1.29 is 9.53 Å². The van der Waals surface area contributed by atoms with Gasteiger partial charge in [-0.2, -0.15) is 10.4 Å². The van der Waals surface area contributed by atoms with Crippen molar-refractivity contribution in [1.29, 1.82) is 5.26 Å². The number of esters is 1. The summed E-state index contributed by atoms with van der Waals surface area (Å²) in [4.78, 5) is 11.6. The molecule has 1 aromatic heterocycles. The minimum absolute atomic E-state index is 0.222. The van der Waals surface area contributed by atoms with Crippen molar-refractivity contribution >= 4 is 5.97 Å². The fourth-order valence-electron chi connectivity index (χ4n) is 1.16. The number of nitrogens with zero attached hydrogens (tertiary/aromatic N) is 3. The van der Waals surface area contributed by atoms with Gasteiger partial charge >= 0.3 is 5.97 Å². The predicted octanol–water partition coefficient (Wildman–Crippen LogP) is 1.27. The van der Waals surface area contributed by atoms with Crippen LogP contribution in [0.2, 0.25) is 0 Å². The molecule has 0 aliphatic rings. The first-order chi connectivity index (χ1) is 7.19. The van der Waals surface area contributed by atoms with Crippen LogP contribution in [-0.4, -0.2) is 21.9 Å². The van der Waals surface area contributed by atoms with Crippen molar-refractivity contribution in [2.75, 3.05) is 0 Å². The summed E-state index contributed by atoms with van der Waals surface area (Å²) in [6.45, 7) is 1.87. The zero-order chi connectivity index (χ0) is 11.3. The Hall–Kier alpha value is -1.83. The average molecular weight is 207 g/mol. The lowest BCUT2D eigenvalue weighted by molar-refractivity contribution is 0.0291. The van der Waals surface area contributed by atoms with Crippen molar-refractivity contribution in [1.82, 2.24) is 9.78 Å². The molecule has 0 saturated heterocycles. The van der Waals surface area contributed by atoms with E-state index >= 15 is 0 Å². The van der Waals surface area contributed by atoms with Crippen LogP contribution in [0.25, 0.3) is 0 Å². The highest BCUT2D eigenvalue weighted by Gasteiger charge is 2.16. The highest BCUT2D eigenvalue weighted by Crippen LogP contribution is 2.07. The summed E-state index contributed by atoms with van der Waals surface area (Å²) >= 11 is 0. The zero-order valence-corrected chi connectivity index (χ0v) is 8.80. The lowest BCUT2D eigenvalue weighted by atomic mass is 10.2. The summed E-state index contributed by atoms with van der Waals surface area (Å²) in [5.41, 5.74) is 0.395. The van der Waals surface area contributed by atoms with Gasteiger partial charge in [0, 0.05) is 13.2 Å². The maximum atomic E-state index is 11.6. The van der Waals surface area contributed by atoms with Gasteiger partial charge in [-0.25, -0.2) is 4.79 Å². The second-order valence-corrected chi connectivity index (χ2v) is 3.14. The third kappa shape index (κ3) is 2.81. The number of carbonyl (C=O) groups is 1. The summed E-state index contributed by atoms with van der Waals surface area (Å²) in [6, 6.07) is 3.57. The Labute approximate surface area is 88.3 Å². The Kier molecular flexibility index (Phi) is 3.86. The fraction of sp³-hybridized carbons (Fsp3) is 0.500. The van der Waals surface area contributed by atoms with Crippen molar-refractivity contribution in [3.05, 3.63) is 18.0 Å². The largest absolute Gasteiger partial charge is 0.457 e. The van der Waals surface area contributed by atoms with Crippen molar-refractivity contribution in [2.45, 2.75) is 25.9 Å². The molecule has 0 N–H and O–H groups in total. The van der Waals surface area contributed by atoms with Crippen LogP contribution in [0.1, 0.15) is 30.3 Å². The van der Waals surface area contributed by atoms with Gasteiger partial charge in [0.1, 0.15) is 11.8 Å².